The summed E-state index contributed by atoms with van der Waals surface area (Å²) >= 11 is 0. The van der Waals surface area contributed by atoms with Crippen molar-refractivity contribution in [3.8, 4) is 0 Å². The van der Waals surface area contributed by atoms with Gasteiger partial charge in [-0.1, -0.05) is 18.2 Å². The van der Waals surface area contributed by atoms with Crippen molar-refractivity contribution in [1.82, 2.24) is 21.0 Å². The largest absolute Gasteiger partial charge is 0.451 e. The number of amides is 2. The maximum atomic E-state index is 12.8. The molecule has 0 spiro atoms. The van der Waals surface area contributed by atoms with Gasteiger partial charge in [-0.3, -0.25) is 25.5 Å². The molecule has 3 aromatic rings. The van der Waals surface area contributed by atoms with Crippen LogP contribution in [0.15, 0.2) is 48.5 Å². The Labute approximate surface area is 146 Å². The first-order chi connectivity index (χ1) is 12.5. The van der Waals surface area contributed by atoms with Crippen molar-refractivity contribution in [3.63, 3.8) is 0 Å². The average Bonchev–Trinajstić information content (AvgIpc) is 3.09. The zero-order valence-electron chi connectivity index (χ0n) is 13.3. The topological polar surface area (TPSA) is 113 Å². The van der Waals surface area contributed by atoms with E-state index in [1.807, 2.05) is 0 Å². The van der Waals surface area contributed by atoms with Crippen molar-refractivity contribution in [2.75, 3.05) is 6.61 Å². The molecule has 0 bridgehead atoms. The van der Waals surface area contributed by atoms with E-state index in [2.05, 4.69) is 21.0 Å². The van der Waals surface area contributed by atoms with Crippen molar-refractivity contribution in [1.29, 1.82) is 0 Å². The molecular weight excluding hydrogens is 343 g/mol. The summed E-state index contributed by atoms with van der Waals surface area (Å²) in [5, 5.41) is 7.12. The Kier molecular flexibility index (Phi) is 4.88. The van der Waals surface area contributed by atoms with Crippen molar-refractivity contribution < 1.29 is 23.5 Å². The number of aromatic amines is 1. The molecule has 2 amide bonds. The number of halogens is 1. The lowest BCUT2D eigenvalue weighted by Gasteiger charge is -2.07. The number of rotatable bonds is 4. The Bertz CT molecular complexity index is 968. The highest BCUT2D eigenvalue weighted by Gasteiger charge is 2.17. The van der Waals surface area contributed by atoms with Crippen molar-refractivity contribution in [3.05, 3.63) is 65.6 Å². The van der Waals surface area contributed by atoms with E-state index in [0.29, 0.717) is 10.9 Å². The Morgan fingerprint density at radius 3 is 2.54 bits per heavy atom. The van der Waals surface area contributed by atoms with Crippen LogP contribution in [0.2, 0.25) is 0 Å². The van der Waals surface area contributed by atoms with Gasteiger partial charge in [0.15, 0.2) is 12.3 Å². The first-order valence-corrected chi connectivity index (χ1v) is 7.49. The summed E-state index contributed by atoms with van der Waals surface area (Å²) in [7, 11) is 0. The number of aromatic nitrogens is 2. The van der Waals surface area contributed by atoms with Crippen LogP contribution in [-0.2, 0) is 9.53 Å². The fraction of sp³-hybridized carbons (Fsp3) is 0.0588. The molecule has 0 radical (unpaired) electrons. The number of hydrogen-bond donors (Lipinski definition) is 3. The number of carbonyl (C=O) groups is 3. The molecule has 26 heavy (non-hydrogen) atoms. The molecule has 2 aromatic carbocycles. The van der Waals surface area contributed by atoms with Gasteiger partial charge in [0, 0.05) is 10.9 Å². The normalized spacial score (nSPS) is 10.3. The molecule has 0 unspecified atom stereocenters. The average molecular weight is 356 g/mol. The van der Waals surface area contributed by atoms with Gasteiger partial charge in [-0.25, -0.2) is 9.18 Å². The lowest BCUT2D eigenvalue weighted by molar-refractivity contribution is -0.125. The van der Waals surface area contributed by atoms with Gasteiger partial charge in [-0.2, -0.15) is 5.10 Å². The molecule has 0 fully saturated rings. The Balaban J connectivity index is 1.50. The standard InChI is InChI=1S/C17H13FN4O4/c18-11-7-5-10(6-8-11)16(24)22-20-14(23)9-26-17(25)15-12-3-1-2-4-13(12)19-21-15/h1-8H,9H2,(H,19,21)(H,20,23)(H,22,24). The van der Waals surface area contributed by atoms with Gasteiger partial charge in [-0.05, 0) is 30.3 Å². The van der Waals surface area contributed by atoms with E-state index in [1.54, 1.807) is 24.3 Å². The molecule has 1 heterocycles. The smallest absolute Gasteiger partial charge is 0.359 e. The van der Waals surface area contributed by atoms with Gasteiger partial charge in [0.1, 0.15) is 5.82 Å². The van der Waals surface area contributed by atoms with Gasteiger partial charge in [0.05, 0.1) is 5.52 Å². The third kappa shape index (κ3) is 3.83. The number of carbonyl (C=O) groups excluding carboxylic acids is 3. The van der Waals surface area contributed by atoms with Gasteiger partial charge >= 0.3 is 5.97 Å². The number of ether oxygens (including phenoxy) is 1. The van der Waals surface area contributed by atoms with Gasteiger partial charge in [-0.15, -0.1) is 0 Å². The molecule has 1 aromatic heterocycles. The maximum Gasteiger partial charge on any atom is 0.359 e. The first-order valence-electron chi connectivity index (χ1n) is 7.49. The van der Waals surface area contributed by atoms with Crippen LogP contribution in [-0.4, -0.2) is 34.6 Å². The van der Waals surface area contributed by atoms with Gasteiger partial charge in [0.2, 0.25) is 0 Å². The Morgan fingerprint density at radius 2 is 1.77 bits per heavy atom. The minimum atomic E-state index is -0.775. The zero-order chi connectivity index (χ0) is 18.5. The second-order valence-electron chi connectivity index (χ2n) is 5.20. The molecule has 132 valence electrons. The highest BCUT2D eigenvalue weighted by atomic mass is 19.1. The zero-order valence-corrected chi connectivity index (χ0v) is 13.3. The second-order valence-corrected chi connectivity index (χ2v) is 5.20. The van der Waals surface area contributed by atoms with E-state index in [-0.39, 0.29) is 11.3 Å². The van der Waals surface area contributed by atoms with E-state index in [0.717, 1.165) is 12.1 Å². The van der Waals surface area contributed by atoms with Crippen LogP contribution in [0, 0.1) is 5.82 Å². The molecule has 9 heteroatoms. The third-order valence-corrected chi connectivity index (χ3v) is 3.42. The number of esters is 1. The number of nitrogens with zero attached hydrogens (tertiary/aromatic N) is 1. The molecule has 0 atom stereocenters. The number of fused-ring (bicyclic) bond motifs is 1. The highest BCUT2D eigenvalue weighted by Crippen LogP contribution is 2.15. The number of para-hydroxylation sites is 1. The predicted molar refractivity (Wildman–Crippen MR) is 88.4 cm³/mol. The number of nitrogens with one attached hydrogen (secondary N) is 3. The molecule has 0 aliphatic heterocycles. The van der Waals surface area contributed by atoms with Crippen LogP contribution in [0.25, 0.3) is 10.9 Å². The van der Waals surface area contributed by atoms with E-state index in [9.17, 15) is 18.8 Å². The van der Waals surface area contributed by atoms with E-state index >= 15 is 0 Å². The molecule has 3 N–H and O–H groups in total. The van der Waals surface area contributed by atoms with Crippen LogP contribution in [0.4, 0.5) is 4.39 Å². The quantitative estimate of drug-likeness (QED) is 0.482. The van der Waals surface area contributed by atoms with Crippen LogP contribution in [0.1, 0.15) is 20.8 Å². The summed E-state index contributed by atoms with van der Waals surface area (Å²) < 4.78 is 17.7. The van der Waals surface area contributed by atoms with Gasteiger partial charge in [0.25, 0.3) is 11.8 Å². The summed E-state index contributed by atoms with van der Waals surface area (Å²) in [4.78, 5) is 35.4. The lowest BCUT2D eigenvalue weighted by Crippen LogP contribution is -2.43. The summed E-state index contributed by atoms with van der Waals surface area (Å²) in [6.45, 7) is -0.607. The van der Waals surface area contributed by atoms with Crippen molar-refractivity contribution >= 4 is 28.7 Å². The predicted octanol–water partition coefficient (Wildman–Crippen LogP) is 1.32. The molecule has 0 saturated carbocycles. The summed E-state index contributed by atoms with van der Waals surface area (Å²) in [5.74, 6) is -2.64. The highest BCUT2D eigenvalue weighted by molar-refractivity contribution is 6.02. The number of H-pyrrole nitrogens is 1. The minimum Gasteiger partial charge on any atom is -0.451 e. The van der Waals surface area contributed by atoms with Gasteiger partial charge < -0.3 is 4.74 Å². The minimum absolute atomic E-state index is 0.0590. The van der Waals surface area contributed by atoms with Crippen LogP contribution in [0.3, 0.4) is 0 Å². The first kappa shape index (κ1) is 17.1. The third-order valence-electron chi connectivity index (χ3n) is 3.42. The monoisotopic (exact) mass is 356 g/mol. The number of hydrogen-bond acceptors (Lipinski definition) is 5. The summed E-state index contributed by atoms with van der Waals surface area (Å²) in [5.41, 5.74) is 5.11. The second kappa shape index (κ2) is 7.43. The number of benzene rings is 2. The van der Waals surface area contributed by atoms with E-state index < -0.39 is 30.2 Å². The molecule has 0 aliphatic carbocycles. The molecular formula is C17H13FN4O4. The van der Waals surface area contributed by atoms with Crippen LogP contribution < -0.4 is 10.9 Å². The van der Waals surface area contributed by atoms with Crippen molar-refractivity contribution in [2.24, 2.45) is 0 Å². The fourth-order valence-corrected chi connectivity index (χ4v) is 2.15. The van der Waals surface area contributed by atoms with E-state index in [1.165, 1.54) is 12.1 Å². The summed E-state index contributed by atoms with van der Waals surface area (Å²) in [6.07, 6.45) is 0. The fourth-order valence-electron chi connectivity index (χ4n) is 2.15. The molecule has 8 nitrogen and oxygen atoms in total. The molecule has 0 aliphatic rings. The summed E-state index contributed by atoms with van der Waals surface area (Å²) in [6, 6.07) is 11.7. The Hall–Kier alpha value is -3.75. The molecule has 0 saturated heterocycles. The Morgan fingerprint density at radius 1 is 1.04 bits per heavy atom. The lowest BCUT2D eigenvalue weighted by atomic mass is 10.2. The maximum absolute atomic E-state index is 12.8. The van der Waals surface area contributed by atoms with Crippen LogP contribution in [0.5, 0.6) is 0 Å². The van der Waals surface area contributed by atoms with Crippen molar-refractivity contribution in [2.45, 2.75) is 0 Å². The SMILES string of the molecule is O=C(COC(=O)c1n[nH]c2ccccc12)NNC(=O)c1ccc(F)cc1. The van der Waals surface area contributed by atoms with Crippen LogP contribution >= 0.6 is 0 Å². The van der Waals surface area contributed by atoms with E-state index in [4.69, 9.17) is 4.74 Å². The molecule has 3 rings (SSSR count). The number of hydrazine groups is 1.